The van der Waals surface area contributed by atoms with Crippen LogP contribution in [0.5, 0.6) is 0 Å². The van der Waals surface area contributed by atoms with E-state index in [1.807, 2.05) is 24.3 Å². The summed E-state index contributed by atoms with van der Waals surface area (Å²) in [6, 6.07) is 9.89. The fourth-order valence-corrected chi connectivity index (χ4v) is 2.91. The van der Waals surface area contributed by atoms with Crippen molar-refractivity contribution in [1.82, 2.24) is 0 Å². The van der Waals surface area contributed by atoms with E-state index in [4.69, 9.17) is 0 Å². The van der Waals surface area contributed by atoms with Gasteiger partial charge in [-0.2, -0.15) is 0 Å². The number of carbonyl (C=O) groups excluding carboxylic acids is 1. The molecule has 0 aliphatic rings. The van der Waals surface area contributed by atoms with E-state index in [-0.39, 0.29) is 29.6 Å². The van der Waals surface area contributed by atoms with Gasteiger partial charge in [0.2, 0.25) is 0 Å². The van der Waals surface area contributed by atoms with Crippen molar-refractivity contribution < 1.29 is 39.5 Å². The summed E-state index contributed by atoms with van der Waals surface area (Å²) in [7, 11) is 0. The molecule has 0 heterocycles. The van der Waals surface area contributed by atoms with Crippen LogP contribution in [0.3, 0.4) is 0 Å². The van der Waals surface area contributed by atoms with Crippen LogP contribution in [0.15, 0.2) is 30.3 Å². The van der Waals surface area contributed by atoms with Gasteiger partial charge in [0.1, 0.15) is 0 Å². The first kappa shape index (κ1) is 19.2. The molecule has 0 aliphatic carbocycles. The van der Waals surface area contributed by atoms with E-state index in [9.17, 15) is 9.90 Å². The molecule has 3 heteroatoms. The second-order valence-electron chi connectivity index (χ2n) is 5.60. The maximum absolute atomic E-state index is 11.7. The topological polar surface area (TPSA) is 40.1 Å². The molecule has 0 saturated heterocycles. The molecule has 22 heavy (non-hydrogen) atoms. The maximum atomic E-state index is 11.7. The minimum atomic E-state index is -1.05. The van der Waals surface area contributed by atoms with E-state index in [1.54, 1.807) is 0 Å². The van der Waals surface area contributed by atoms with Gasteiger partial charge in [0, 0.05) is 5.56 Å². The second kappa shape index (κ2) is 9.34. The Morgan fingerprint density at radius 2 is 1.68 bits per heavy atom. The molecule has 0 bridgehead atoms. The zero-order valence-corrected chi connectivity index (χ0v) is 15.9. The van der Waals surface area contributed by atoms with Gasteiger partial charge in [-0.05, 0) is 47.6 Å². The third-order valence-corrected chi connectivity index (χ3v) is 4.03. The molecule has 2 nitrogen and oxygen atoms in total. The quantitative estimate of drug-likeness (QED) is 0.713. The fraction of sp³-hybridized carbons (Fsp3) is 0.421. The third kappa shape index (κ3) is 4.34. The molecule has 0 unspecified atom stereocenters. The van der Waals surface area contributed by atoms with Crippen LogP contribution < -0.4 is 34.7 Å². The maximum Gasteiger partial charge on any atom is 1.00 e. The van der Waals surface area contributed by atoms with Crippen molar-refractivity contribution in [3.8, 4) is 0 Å². The van der Waals surface area contributed by atoms with E-state index in [0.29, 0.717) is 5.56 Å². The Bertz CT molecular complexity index is 635. The first-order valence-corrected chi connectivity index (χ1v) is 7.93. The minimum Gasteiger partial charge on any atom is -0.545 e. The number of hydrogen-bond acceptors (Lipinski definition) is 2. The number of benzene rings is 2. The van der Waals surface area contributed by atoms with E-state index < -0.39 is 5.97 Å². The number of hydrogen-bond donors (Lipinski definition) is 0. The third-order valence-electron chi connectivity index (χ3n) is 4.03. The van der Waals surface area contributed by atoms with Crippen molar-refractivity contribution in [3.05, 3.63) is 47.0 Å². The zero-order chi connectivity index (χ0) is 15.2. The first-order chi connectivity index (χ1) is 10.2. The van der Waals surface area contributed by atoms with Gasteiger partial charge >= 0.3 is 29.6 Å². The van der Waals surface area contributed by atoms with Crippen LogP contribution in [-0.4, -0.2) is 5.97 Å². The molecular formula is C19H23NaO2. The average molecular weight is 306 g/mol. The number of carbonyl (C=O) groups is 1. The van der Waals surface area contributed by atoms with Gasteiger partial charge < -0.3 is 9.90 Å². The van der Waals surface area contributed by atoms with E-state index >= 15 is 0 Å². The summed E-state index contributed by atoms with van der Waals surface area (Å²) in [4.78, 5) is 11.7. The molecule has 2 aromatic carbocycles. The number of aryl methyl sites for hydroxylation is 1. The van der Waals surface area contributed by atoms with Crippen molar-refractivity contribution in [2.24, 2.45) is 0 Å². The predicted molar refractivity (Wildman–Crippen MR) is 85.5 cm³/mol. The largest absolute Gasteiger partial charge is 1.00 e. The van der Waals surface area contributed by atoms with Gasteiger partial charge in [0.15, 0.2) is 0 Å². The number of unbranched alkanes of at least 4 members (excludes halogenated alkanes) is 2. The molecule has 0 aliphatic heterocycles. The van der Waals surface area contributed by atoms with E-state index in [1.165, 1.54) is 5.56 Å². The number of carboxylic acid groups (broad SMARTS) is 1. The van der Waals surface area contributed by atoms with Gasteiger partial charge in [-0.3, -0.25) is 0 Å². The Balaban J connectivity index is 0.00000242. The summed E-state index contributed by atoms with van der Waals surface area (Å²) < 4.78 is 0. The second-order valence-corrected chi connectivity index (χ2v) is 5.60. The molecule has 0 N–H and O–H groups in total. The standard InChI is InChI=1S/C19H24O2.Na/c1-3-5-9-14-13-15-10-7-8-12-17(15)18(19(20)21)16(14)11-6-4-2;/h7-8,10,12-13H,3-6,9,11H2,1-2H3,(H,20,21);/q;+1/p-1. The van der Waals surface area contributed by atoms with Crippen molar-refractivity contribution in [1.29, 1.82) is 0 Å². The number of carboxylic acids is 1. The van der Waals surface area contributed by atoms with Crippen LogP contribution in [0.25, 0.3) is 10.8 Å². The Hall–Kier alpha value is -0.830. The monoisotopic (exact) mass is 306 g/mol. The summed E-state index contributed by atoms with van der Waals surface area (Å²) in [6.45, 7) is 4.29. The molecule has 0 spiro atoms. The molecule has 2 rings (SSSR count). The summed E-state index contributed by atoms with van der Waals surface area (Å²) in [5.74, 6) is -1.05. The van der Waals surface area contributed by atoms with Gasteiger partial charge in [-0.1, -0.05) is 57.0 Å². The molecule has 0 amide bonds. The van der Waals surface area contributed by atoms with Crippen LogP contribution >= 0.6 is 0 Å². The number of fused-ring (bicyclic) bond motifs is 1. The Labute approximate surface area is 155 Å². The van der Waals surface area contributed by atoms with Crippen LogP contribution in [0.4, 0.5) is 0 Å². The molecule has 0 fully saturated rings. The van der Waals surface area contributed by atoms with Gasteiger partial charge in [0.05, 0.1) is 5.97 Å². The summed E-state index contributed by atoms with van der Waals surface area (Å²) in [6.07, 6.45) is 6.04. The van der Waals surface area contributed by atoms with Crippen molar-refractivity contribution in [2.75, 3.05) is 0 Å². The molecule has 2 aromatic rings. The molecule has 0 atom stereocenters. The minimum absolute atomic E-state index is 0. The van der Waals surface area contributed by atoms with E-state index in [0.717, 1.165) is 54.9 Å². The summed E-state index contributed by atoms with van der Waals surface area (Å²) >= 11 is 0. The van der Waals surface area contributed by atoms with Gasteiger partial charge in [-0.15, -0.1) is 0 Å². The van der Waals surface area contributed by atoms with Crippen LogP contribution in [-0.2, 0) is 12.8 Å². The number of aromatic carboxylic acids is 1. The van der Waals surface area contributed by atoms with Crippen LogP contribution in [0.2, 0.25) is 0 Å². The summed E-state index contributed by atoms with van der Waals surface area (Å²) in [5, 5.41) is 13.5. The number of rotatable bonds is 7. The molecule has 0 aromatic heterocycles. The average Bonchev–Trinajstić information content (AvgIpc) is 2.49. The van der Waals surface area contributed by atoms with Gasteiger partial charge in [-0.25, -0.2) is 0 Å². The zero-order valence-electron chi connectivity index (χ0n) is 13.9. The van der Waals surface area contributed by atoms with Crippen molar-refractivity contribution >= 4 is 16.7 Å². The van der Waals surface area contributed by atoms with E-state index in [2.05, 4.69) is 19.9 Å². The Morgan fingerprint density at radius 1 is 1.05 bits per heavy atom. The van der Waals surface area contributed by atoms with Crippen LogP contribution in [0, 0.1) is 0 Å². The van der Waals surface area contributed by atoms with Crippen LogP contribution in [0.1, 0.15) is 61.0 Å². The molecule has 0 saturated carbocycles. The van der Waals surface area contributed by atoms with Crippen molar-refractivity contribution in [2.45, 2.75) is 52.4 Å². The fourth-order valence-electron chi connectivity index (χ4n) is 2.91. The molecule has 0 radical (unpaired) electrons. The summed E-state index contributed by atoms with van der Waals surface area (Å²) in [5.41, 5.74) is 2.58. The Morgan fingerprint density at radius 3 is 2.32 bits per heavy atom. The SMILES string of the molecule is CCCCc1cc2ccccc2c(C(=O)[O-])c1CCCC.[Na+]. The van der Waals surface area contributed by atoms with Crippen molar-refractivity contribution in [3.63, 3.8) is 0 Å². The molecular weight excluding hydrogens is 283 g/mol. The first-order valence-electron chi connectivity index (χ1n) is 7.93. The normalized spacial score (nSPS) is 10.5. The smallest absolute Gasteiger partial charge is 0.545 e. The van der Waals surface area contributed by atoms with Gasteiger partial charge in [0.25, 0.3) is 0 Å². The Kier molecular flexibility index (Phi) is 8.16. The molecule has 112 valence electrons. The predicted octanol–water partition coefficient (Wildman–Crippen LogP) is 0.892.